The van der Waals surface area contributed by atoms with Crippen LogP contribution in [0.25, 0.3) is 0 Å². The van der Waals surface area contributed by atoms with Gasteiger partial charge in [-0.05, 0) is 50.1 Å². The van der Waals surface area contributed by atoms with E-state index in [1.807, 2.05) is 25.4 Å². The summed E-state index contributed by atoms with van der Waals surface area (Å²) in [5.74, 6) is 0.948. The van der Waals surface area contributed by atoms with Crippen LogP contribution in [0, 0.1) is 6.92 Å². The summed E-state index contributed by atoms with van der Waals surface area (Å²) in [4.78, 5) is 0. The Balaban J connectivity index is 1.81. The van der Waals surface area contributed by atoms with E-state index in [0.717, 1.165) is 31.6 Å². The molecule has 0 bridgehead atoms. The van der Waals surface area contributed by atoms with Gasteiger partial charge in [0.2, 0.25) is 0 Å². The number of ether oxygens (including phenoxy) is 2. The van der Waals surface area contributed by atoms with Crippen LogP contribution in [0.3, 0.4) is 0 Å². The summed E-state index contributed by atoms with van der Waals surface area (Å²) < 4.78 is 11.2. The predicted octanol–water partition coefficient (Wildman–Crippen LogP) is 3.05. The van der Waals surface area contributed by atoms with Crippen molar-refractivity contribution in [3.05, 3.63) is 41.7 Å². The quantitative estimate of drug-likeness (QED) is 0.853. The van der Waals surface area contributed by atoms with Gasteiger partial charge in [-0.1, -0.05) is 12.1 Å². The zero-order chi connectivity index (χ0) is 13.5. The van der Waals surface area contributed by atoms with E-state index in [1.54, 1.807) is 0 Å². The highest BCUT2D eigenvalue weighted by molar-refractivity contribution is 5.27. The average Bonchev–Trinajstić information content (AvgIpc) is 2.45. The van der Waals surface area contributed by atoms with E-state index < -0.39 is 0 Å². The van der Waals surface area contributed by atoms with Crippen LogP contribution < -0.4 is 10.1 Å². The van der Waals surface area contributed by atoms with Gasteiger partial charge in [0.25, 0.3) is 0 Å². The maximum atomic E-state index is 5.80. The molecule has 0 radical (unpaired) electrons. The van der Waals surface area contributed by atoms with E-state index in [4.69, 9.17) is 9.47 Å². The zero-order valence-corrected chi connectivity index (χ0v) is 11.8. The Labute approximate surface area is 115 Å². The Morgan fingerprint density at radius 1 is 1.42 bits per heavy atom. The van der Waals surface area contributed by atoms with Crippen molar-refractivity contribution in [2.24, 2.45) is 0 Å². The molecule has 3 heteroatoms. The van der Waals surface area contributed by atoms with E-state index in [2.05, 4.69) is 24.4 Å². The second kappa shape index (κ2) is 7.19. The first-order valence-electron chi connectivity index (χ1n) is 6.97. The zero-order valence-electron chi connectivity index (χ0n) is 11.8. The standard InChI is InChI=1S/C16H23NO2/c1-13-5-3-7-15(11-13)19-10-8-16(17-2)14-6-4-9-18-12-14/h3,5,7,11-12,16-17H,4,6,8-10H2,1-2H3. The monoisotopic (exact) mass is 261 g/mol. The van der Waals surface area contributed by atoms with Crippen LogP contribution in [0.15, 0.2) is 36.1 Å². The highest BCUT2D eigenvalue weighted by Gasteiger charge is 2.15. The molecule has 1 aromatic carbocycles. The van der Waals surface area contributed by atoms with Crippen LogP contribution in [0.2, 0.25) is 0 Å². The summed E-state index contributed by atoms with van der Waals surface area (Å²) >= 11 is 0. The lowest BCUT2D eigenvalue weighted by molar-refractivity contribution is 0.216. The number of rotatable bonds is 6. The second-order valence-corrected chi connectivity index (χ2v) is 4.96. The fourth-order valence-corrected chi connectivity index (χ4v) is 2.36. The molecule has 0 fully saturated rings. The third-order valence-electron chi connectivity index (χ3n) is 3.42. The van der Waals surface area contributed by atoms with Gasteiger partial charge in [0.15, 0.2) is 0 Å². The molecule has 0 amide bonds. The molecule has 1 atom stereocenters. The number of hydrogen-bond donors (Lipinski definition) is 1. The molecule has 0 saturated carbocycles. The van der Waals surface area contributed by atoms with Gasteiger partial charge in [0, 0.05) is 12.5 Å². The summed E-state index contributed by atoms with van der Waals surface area (Å²) in [7, 11) is 1.99. The van der Waals surface area contributed by atoms with Crippen molar-refractivity contribution in [2.45, 2.75) is 32.2 Å². The molecule has 104 valence electrons. The molecular weight excluding hydrogens is 238 g/mol. The van der Waals surface area contributed by atoms with Gasteiger partial charge in [0.05, 0.1) is 19.5 Å². The van der Waals surface area contributed by atoms with E-state index in [0.29, 0.717) is 12.6 Å². The number of hydrogen-bond acceptors (Lipinski definition) is 3. The lowest BCUT2D eigenvalue weighted by atomic mass is 10.00. The molecule has 1 N–H and O–H groups in total. The van der Waals surface area contributed by atoms with Crippen LogP contribution in [-0.2, 0) is 4.74 Å². The predicted molar refractivity (Wildman–Crippen MR) is 77.4 cm³/mol. The molecule has 0 aromatic heterocycles. The van der Waals surface area contributed by atoms with Crippen LogP contribution in [0.1, 0.15) is 24.8 Å². The van der Waals surface area contributed by atoms with Crippen LogP contribution in [-0.4, -0.2) is 26.3 Å². The summed E-state index contributed by atoms with van der Waals surface area (Å²) in [6, 6.07) is 8.53. The fourth-order valence-electron chi connectivity index (χ4n) is 2.36. The van der Waals surface area contributed by atoms with E-state index in [9.17, 15) is 0 Å². The Morgan fingerprint density at radius 3 is 3.00 bits per heavy atom. The van der Waals surface area contributed by atoms with E-state index in [-0.39, 0.29) is 0 Å². The summed E-state index contributed by atoms with van der Waals surface area (Å²) in [5, 5.41) is 3.34. The van der Waals surface area contributed by atoms with Crippen molar-refractivity contribution in [2.75, 3.05) is 20.3 Å². The number of aryl methyl sites for hydroxylation is 1. The fraction of sp³-hybridized carbons (Fsp3) is 0.500. The van der Waals surface area contributed by atoms with Crippen molar-refractivity contribution in [1.29, 1.82) is 0 Å². The average molecular weight is 261 g/mol. The molecule has 2 rings (SSSR count). The Bertz CT molecular complexity index is 429. The van der Waals surface area contributed by atoms with Crippen LogP contribution in [0.5, 0.6) is 5.75 Å². The summed E-state index contributed by atoms with van der Waals surface area (Å²) in [6.07, 6.45) is 5.11. The Hall–Kier alpha value is -1.48. The third-order valence-corrected chi connectivity index (χ3v) is 3.42. The minimum Gasteiger partial charge on any atom is -0.501 e. The van der Waals surface area contributed by atoms with Gasteiger partial charge in [-0.2, -0.15) is 0 Å². The molecule has 1 aliphatic rings. The lowest BCUT2D eigenvalue weighted by Gasteiger charge is -2.22. The Kier molecular flexibility index (Phi) is 5.28. The normalized spacial score (nSPS) is 16.4. The van der Waals surface area contributed by atoms with Gasteiger partial charge in [-0.3, -0.25) is 0 Å². The van der Waals surface area contributed by atoms with Gasteiger partial charge in [-0.15, -0.1) is 0 Å². The molecule has 0 spiro atoms. The van der Waals surface area contributed by atoms with Crippen LogP contribution >= 0.6 is 0 Å². The minimum absolute atomic E-state index is 0.352. The van der Waals surface area contributed by atoms with Crippen molar-refractivity contribution in [3.8, 4) is 5.75 Å². The Morgan fingerprint density at radius 2 is 2.32 bits per heavy atom. The molecule has 3 nitrogen and oxygen atoms in total. The maximum absolute atomic E-state index is 5.80. The molecule has 0 saturated heterocycles. The largest absolute Gasteiger partial charge is 0.501 e. The second-order valence-electron chi connectivity index (χ2n) is 4.96. The summed E-state index contributed by atoms with van der Waals surface area (Å²) in [6.45, 7) is 3.64. The molecular formula is C16H23NO2. The SMILES string of the molecule is CNC(CCOc1cccc(C)c1)C1=COCCC1. The van der Waals surface area contributed by atoms with Gasteiger partial charge in [0.1, 0.15) is 5.75 Å². The molecule has 1 heterocycles. The van der Waals surface area contributed by atoms with Crippen LogP contribution in [0.4, 0.5) is 0 Å². The van der Waals surface area contributed by atoms with Gasteiger partial charge in [-0.25, -0.2) is 0 Å². The van der Waals surface area contributed by atoms with Gasteiger partial charge >= 0.3 is 0 Å². The lowest BCUT2D eigenvalue weighted by Crippen LogP contribution is -2.30. The highest BCUT2D eigenvalue weighted by atomic mass is 16.5. The number of nitrogens with one attached hydrogen (secondary N) is 1. The number of benzene rings is 1. The third kappa shape index (κ3) is 4.28. The van der Waals surface area contributed by atoms with Gasteiger partial charge < -0.3 is 14.8 Å². The topological polar surface area (TPSA) is 30.5 Å². The first-order valence-corrected chi connectivity index (χ1v) is 6.97. The molecule has 1 unspecified atom stereocenters. The molecule has 1 aromatic rings. The summed E-state index contributed by atoms with van der Waals surface area (Å²) in [5.41, 5.74) is 2.58. The first kappa shape index (κ1) is 13.9. The first-order chi connectivity index (χ1) is 9.29. The van der Waals surface area contributed by atoms with Crippen molar-refractivity contribution >= 4 is 0 Å². The van der Waals surface area contributed by atoms with E-state index in [1.165, 1.54) is 11.1 Å². The minimum atomic E-state index is 0.352. The highest BCUT2D eigenvalue weighted by Crippen LogP contribution is 2.18. The van der Waals surface area contributed by atoms with Crippen molar-refractivity contribution in [3.63, 3.8) is 0 Å². The maximum Gasteiger partial charge on any atom is 0.119 e. The number of likely N-dealkylation sites (N-methyl/N-ethyl adjacent to an activating group) is 1. The smallest absolute Gasteiger partial charge is 0.119 e. The van der Waals surface area contributed by atoms with Crippen molar-refractivity contribution in [1.82, 2.24) is 5.32 Å². The molecule has 1 aliphatic heterocycles. The molecule has 0 aliphatic carbocycles. The molecule has 19 heavy (non-hydrogen) atoms. The van der Waals surface area contributed by atoms with E-state index >= 15 is 0 Å². The van der Waals surface area contributed by atoms with Crippen molar-refractivity contribution < 1.29 is 9.47 Å².